The maximum Gasteiger partial charge on any atom is -0.0235 e. The van der Waals surface area contributed by atoms with Gasteiger partial charge in [-0.2, -0.15) is 0 Å². The molecule has 3 aliphatic rings. The average Bonchev–Trinajstić information content (AvgIpc) is 2.68. The van der Waals surface area contributed by atoms with E-state index in [2.05, 4.69) is 48.5 Å². The van der Waals surface area contributed by atoms with Gasteiger partial charge in [0.25, 0.3) is 0 Å². The van der Waals surface area contributed by atoms with Crippen molar-refractivity contribution in [1.29, 1.82) is 0 Å². The molecule has 110 valence electrons. The van der Waals surface area contributed by atoms with Crippen molar-refractivity contribution in [3.8, 4) is 0 Å². The molecule has 0 aromatic carbocycles. The molecule has 3 aliphatic carbocycles. The van der Waals surface area contributed by atoms with E-state index in [1.54, 1.807) is 0 Å². The minimum absolute atomic E-state index is 0.443. The smallest absolute Gasteiger partial charge is 0.0235 e. The first-order valence-electron chi connectivity index (χ1n) is 8.56. The van der Waals surface area contributed by atoms with Crippen LogP contribution in [0.4, 0.5) is 0 Å². The summed E-state index contributed by atoms with van der Waals surface area (Å²) in [7, 11) is 0. The molecular weight excluding hydrogens is 228 g/mol. The zero-order valence-corrected chi connectivity index (χ0v) is 14.3. The van der Waals surface area contributed by atoms with Crippen molar-refractivity contribution in [2.45, 2.75) is 80.6 Å². The highest BCUT2D eigenvalue weighted by Gasteiger charge is 2.69. The summed E-state index contributed by atoms with van der Waals surface area (Å²) in [5.74, 6) is 2.91. The maximum absolute atomic E-state index is 2.61. The molecule has 2 bridgehead atoms. The van der Waals surface area contributed by atoms with Gasteiger partial charge in [0.05, 0.1) is 0 Å². The highest BCUT2D eigenvalue weighted by atomic mass is 14.7. The fourth-order valence-corrected chi connectivity index (χ4v) is 6.81. The number of rotatable bonds is 0. The Morgan fingerprint density at radius 1 is 0.895 bits per heavy atom. The molecule has 5 atom stereocenters. The van der Waals surface area contributed by atoms with Gasteiger partial charge < -0.3 is 0 Å². The van der Waals surface area contributed by atoms with E-state index in [0.717, 1.165) is 23.2 Å². The fourth-order valence-electron chi connectivity index (χ4n) is 6.81. The highest BCUT2D eigenvalue weighted by molar-refractivity contribution is 5.17. The third-order valence-electron chi connectivity index (χ3n) is 8.54. The molecule has 0 heterocycles. The van der Waals surface area contributed by atoms with E-state index in [9.17, 15) is 0 Å². The summed E-state index contributed by atoms with van der Waals surface area (Å²) in [5.41, 5.74) is 2.26. The Hall–Kier alpha value is 0. The summed E-state index contributed by atoms with van der Waals surface area (Å²) in [4.78, 5) is 0. The van der Waals surface area contributed by atoms with E-state index in [1.165, 1.54) is 32.1 Å². The highest BCUT2D eigenvalue weighted by Crippen LogP contribution is 2.76. The van der Waals surface area contributed by atoms with E-state index in [0.29, 0.717) is 16.2 Å². The van der Waals surface area contributed by atoms with Crippen LogP contribution in [-0.2, 0) is 0 Å². The summed E-state index contributed by atoms with van der Waals surface area (Å²) in [6, 6.07) is 0. The lowest BCUT2D eigenvalue weighted by atomic mass is 9.50. The molecule has 3 unspecified atom stereocenters. The maximum atomic E-state index is 2.61. The van der Waals surface area contributed by atoms with Crippen LogP contribution in [0.2, 0.25) is 0 Å². The Balaban J connectivity index is 2.06. The van der Waals surface area contributed by atoms with Gasteiger partial charge in [0.1, 0.15) is 0 Å². The van der Waals surface area contributed by atoms with Crippen LogP contribution in [0.3, 0.4) is 0 Å². The second kappa shape index (κ2) is 3.60. The molecule has 19 heavy (non-hydrogen) atoms. The minimum atomic E-state index is 0.443. The van der Waals surface area contributed by atoms with Crippen LogP contribution >= 0.6 is 0 Å². The summed E-state index contributed by atoms with van der Waals surface area (Å²) in [6.45, 7) is 17.8. The summed E-state index contributed by atoms with van der Waals surface area (Å²) >= 11 is 0. The molecule has 0 nitrogen and oxygen atoms in total. The first-order valence-corrected chi connectivity index (χ1v) is 8.56. The Kier molecular flexibility index (Phi) is 2.65. The van der Waals surface area contributed by atoms with E-state index < -0.39 is 0 Å². The van der Waals surface area contributed by atoms with Crippen molar-refractivity contribution in [3.05, 3.63) is 0 Å². The van der Waals surface area contributed by atoms with Gasteiger partial charge in [-0.1, -0.05) is 48.5 Å². The van der Waals surface area contributed by atoms with Gasteiger partial charge >= 0.3 is 0 Å². The number of hydrogen-bond donors (Lipinski definition) is 0. The average molecular weight is 262 g/mol. The van der Waals surface area contributed by atoms with Crippen molar-refractivity contribution in [1.82, 2.24) is 0 Å². The molecule has 1 spiro atoms. The van der Waals surface area contributed by atoms with Gasteiger partial charge in [-0.25, -0.2) is 0 Å². The van der Waals surface area contributed by atoms with E-state index in [1.807, 2.05) is 0 Å². The van der Waals surface area contributed by atoms with Crippen LogP contribution in [0.25, 0.3) is 0 Å². The van der Waals surface area contributed by atoms with Crippen molar-refractivity contribution in [2.75, 3.05) is 0 Å². The molecule has 3 fully saturated rings. The summed E-state index contributed by atoms with van der Waals surface area (Å²) in [6.07, 6.45) is 7.50. The molecule has 3 saturated carbocycles. The molecule has 0 aromatic heterocycles. The summed E-state index contributed by atoms with van der Waals surface area (Å²) < 4.78 is 0. The second-order valence-corrected chi connectivity index (χ2v) is 10.0. The first-order chi connectivity index (χ1) is 8.56. The molecule has 0 saturated heterocycles. The summed E-state index contributed by atoms with van der Waals surface area (Å²) in [5, 5.41) is 0. The monoisotopic (exact) mass is 262 g/mol. The van der Waals surface area contributed by atoms with Gasteiger partial charge in [0, 0.05) is 0 Å². The van der Waals surface area contributed by atoms with Crippen LogP contribution < -0.4 is 0 Å². The molecule has 3 rings (SSSR count). The third kappa shape index (κ3) is 1.47. The quantitative estimate of drug-likeness (QED) is 0.509. The minimum Gasteiger partial charge on any atom is -0.0620 e. The molecule has 0 aliphatic heterocycles. The normalized spacial score (nSPS) is 52.3. The Labute approximate surface area is 120 Å². The molecule has 0 amide bonds. The lowest BCUT2D eigenvalue weighted by Gasteiger charge is -2.54. The predicted molar refractivity (Wildman–Crippen MR) is 83.0 cm³/mol. The standard InChI is InChI=1S/C19H34/c1-13-8-9-14-17(5,6)15-12-19(13,14)11-10-18(15,7)16(2,3)4/h13-15H,8-12H2,1-7H3/t13-,14?,15?,18-,19?/m1/s1. The Morgan fingerprint density at radius 2 is 1.53 bits per heavy atom. The first kappa shape index (κ1) is 14.0. The van der Waals surface area contributed by atoms with Gasteiger partial charge in [0.15, 0.2) is 0 Å². The lowest BCUT2D eigenvalue weighted by molar-refractivity contribution is -0.0529. The van der Waals surface area contributed by atoms with Crippen LogP contribution in [0, 0.1) is 39.4 Å². The zero-order chi connectivity index (χ0) is 14.3. The van der Waals surface area contributed by atoms with Crippen LogP contribution in [0.1, 0.15) is 80.6 Å². The predicted octanol–water partition coefficient (Wildman–Crippen LogP) is 5.91. The van der Waals surface area contributed by atoms with E-state index in [4.69, 9.17) is 0 Å². The molecule has 0 heteroatoms. The SMILES string of the molecule is C[C@@H]1CCC2C(C)(C)C3CC21CC[C@@]3(C)C(C)(C)C. The van der Waals surface area contributed by atoms with Gasteiger partial charge in [-0.15, -0.1) is 0 Å². The van der Waals surface area contributed by atoms with Gasteiger partial charge in [-0.05, 0) is 71.5 Å². The van der Waals surface area contributed by atoms with Crippen LogP contribution in [0.5, 0.6) is 0 Å². The Morgan fingerprint density at radius 3 is 2.11 bits per heavy atom. The van der Waals surface area contributed by atoms with E-state index >= 15 is 0 Å². The fraction of sp³-hybridized carbons (Fsp3) is 1.00. The van der Waals surface area contributed by atoms with Gasteiger partial charge in [-0.3, -0.25) is 0 Å². The van der Waals surface area contributed by atoms with Crippen molar-refractivity contribution >= 4 is 0 Å². The largest absolute Gasteiger partial charge is 0.0620 e. The van der Waals surface area contributed by atoms with Crippen molar-refractivity contribution in [3.63, 3.8) is 0 Å². The molecule has 0 N–H and O–H groups in total. The van der Waals surface area contributed by atoms with Crippen LogP contribution in [0.15, 0.2) is 0 Å². The zero-order valence-electron chi connectivity index (χ0n) is 14.3. The topological polar surface area (TPSA) is 0 Å². The van der Waals surface area contributed by atoms with Crippen molar-refractivity contribution in [2.24, 2.45) is 39.4 Å². The molecular formula is C19H34. The van der Waals surface area contributed by atoms with Gasteiger partial charge in [0.2, 0.25) is 0 Å². The lowest BCUT2D eigenvalue weighted by Crippen LogP contribution is -2.46. The third-order valence-corrected chi connectivity index (χ3v) is 8.54. The second-order valence-electron chi connectivity index (χ2n) is 10.0. The molecule has 0 aromatic rings. The van der Waals surface area contributed by atoms with E-state index in [-0.39, 0.29) is 0 Å². The van der Waals surface area contributed by atoms with Crippen molar-refractivity contribution < 1.29 is 0 Å². The number of fused-ring (bicyclic) bond motifs is 1. The number of hydrogen-bond acceptors (Lipinski definition) is 0. The Bertz CT molecular complexity index is 385. The molecule has 0 radical (unpaired) electrons. The van der Waals surface area contributed by atoms with Crippen LogP contribution in [-0.4, -0.2) is 0 Å².